The first-order valence-corrected chi connectivity index (χ1v) is 5.99. The van der Waals surface area contributed by atoms with Crippen molar-refractivity contribution < 1.29 is 9.53 Å². The van der Waals surface area contributed by atoms with Crippen LogP contribution in [0.25, 0.3) is 0 Å². The molecule has 1 aromatic carbocycles. The third-order valence-electron chi connectivity index (χ3n) is 3.01. The number of carbonyl (C=O) groups is 1. The molecule has 0 spiro atoms. The van der Waals surface area contributed by atoms with Gasteiger partial charge in [-0.1, -0.05) is 15.9 Å². The Bertz CT molecular complexity index is 433. The number of nitrogens with one attached hydrogen (secondary N) is 1. The van der Waals surface area contributed by atoms with Crippen molar-refractivity contribution >= 4 is 27.6 Å². The second kappa shape index (κ2) is 4.09. The van der Waals surface area contributed by atoms with Gasteiger partial charge < -0.3 is 10.1 Å². The number of hydrogen-bond donors (Lipinski definition) is 1. The van der Waals surface area contributed by atoms with Crippen LogP contribution in [-0.2, 0) is 16.0 Å². The van der Waals surface area contributed by atoms with Gasteiger partial charge in [0, 0.05) is 10.2 Å². The van der Waals surface area contributed by atoms with Crippen LogP contribution in [0.1, 0.15) is 18.9 Å². The molecule has 3 nitrogen and oxygen atoms in total. The van der Waals surface area contributed by atoms with Crippen molar-refractivity contribution in [3.8, 4) is 0 Å². The van der Waals surface area contributed by atoms with Gasteiger partial charge in [0.15, 0.2) is 0 Å². The molecular weight excluding hydrogens is 270 g/mol. The minimum absolute atomic E-state index is 0.207. The van der Waals surface area contributed by atoms with E-state index in [1.165, 1.54) is 12.7 Å². The predicted octanol–water partition coefficient (Wildman–Crippen LogP) is 2.74. The number of rotatable bonds is 1. The minimum atomic E-state index is -0.602. The number of esters is 1. The number of hydrogen-bond acceptors (Lipinski definition) is 3. The van der Waals surface area contributed by atoms with Gasteiger partial charge in [-0.3, -0.25) is 0 Å². The first-order chi connectivity index (χ1) is 7.55. The van der Waals surface area contributed by atoms with Crippen molar-refractivity contribution in [2.75, 3.05) is 12.4 Å². The van der Waals surface area contributed by atoms with E-state index in [0.717, 1.165) is 23.0 Å². The molecule has 4 heteroatoms. The molecule has 0 amide bonds. The molecule has 1 aromatic rings. The zero-order valence-electron chi connectivity index (χ0n) is 9.34. The molecule has 0 saturated carbocycles. The topological polar surface area (TPSA) is 38.3 Å². The molecule has 0 aliphatic carbocycles. The lowest BCUT2D eigenvalue weighted by atomic mass is 9.88. The second-order valence-electron chi connectivity index (χ2n) is 4.25. The molecule has 86 valence electrons. The number of aryl methyl sites for hydroxylation is 1. The lowest BCUT2D eigenvalue weighted by molar-refractivity contribution is -0.145. The Morgan fingerprint density at radius 3 is 3.00 bits per heavy atom. The SMILES string of the molecule is COC(=O)C1(C)CCc2cc(Br)ccc2N1. The van der Waals surface area contributed by atoms with Crippen molar-refractivity contribution in [2.45, 2.75) is 25.3 Å². The van der Waals surface area contributed by atoms with Crippen LogP contribution >= 0.6 is 15.9 Å². The fraction of sp³-hybridized carbons (Fsp3) is 0.417. The van der Waals surface area contributed by atoms with E-state index in [1.807, 2.05) is 19.1 Å². The van der Waals surface area contributed by atoms with Gasteiger partial charge in [-0.25, -0.2) is 4.79 Å². The van der Waals surface area contributed by atoms with Crippen molar-refractivity contribution in [2.24, 2.45) is 0 Å². The zero-order valence-corrected chi connectivity index (χ0v) is 10.9. The number of fused-ring (bicyclic) bond motifs is 1. The highest BCUT2D eigenvalue weighted by Crippen LogP contribution is 2.33. The largest absolute Gasteiger partial charge is 0.467 e. The summed E-state index contributed by atoms with van der Waals surface area (Å²) in [5.74, 6) is -0.207. The van der Waals surface area contributed by atoms with E-state index in [2.05, 4.69) is 27.3 Å². The van der Waals surface area contributed by atoms with E-state index in [4.69, 9.17) is 4.74 Å². The maximum absolute atomic E-state index is 11.7. The Morgan fingerprint density at radius 2 is 2.31 bits per heavy atom. The molecule has 0 saturated heterocycles. The lowest BCUT2D eigenvalue weighted by Gasteiger charge is -2.34. The minimum Gasteiger partial charge on any atom is -0.467 e. The molecule has 0 radical (unpaired) electrons. The standard InChI is InChI=1S/C12H14BrNO2/c1-12(11(15)16-2)6-5-8-7-9(13)3-4-10(8)14-12/h3-4,7,14H,5-6H2,1-2H3. The lowest BCUT2D eigenvalue weighted by Crippen LogP contribution is -2.46. The van der Waals surface area contributed by atoms with Crippen LogP contribution in [0.2, 0.25) is 0 Å². The summed E-state index contributed by atoms with van der Waals surface area (Å²) >= 11 is 3.44. The quantitative estimate of drug-likeness (QED) is 0.806. The van der Waals surface area contributed by atoms with Crippen molar-refractivity contribution in [3.05, 3.63) is 28.2 Å². The predicted molar refractivity (Wildman–Crippen MR) is 66.5 cm³/mol. The molecule has 1 heterocycles. The van der Waals surface area contributed by atoms with Crippen LogP contribution in [0.3, 0.4) is 0 Å². The van der Waals surface area contributed by atoms with Gasteiger partial charge in [0.05, 0.1) is 7.11 Å². The maximum Gasteiger partial charge on any atom is 0.331 e. The molecule has 16 heavy (non-hydrogen) atoms. The molecule has 2 rings (SSSR count). The third kappa shape index (κ3) is 1.94. The Labute approximate surface area is 103 Å². The van der Waals surface area contributed by atoms with Gasteiger partial charge in [-0.05, 0) is 43.5 Å². The summed E-state index contributed by atoms with van der Waals surface area (Å²) in [6.45, 7) is 1.88. The monoisotopic (exact) mass is 283 g/mol. The molecule has 1 aliphatic heterocycles. The van der Waals surface area contributed by atoms with Crippen molar-refractivity contribution in [3.63, 3.8) is 0 Å². The van der Waals surface area contributed by atoms with E-state index in [9.17, 15) is 4.79 Å². The smallest absolute Gasteiger partial charge is 0.331 e. The van der Waals surface area contributed by atoms with E-state index in [1.54, 1.807) is 0 Å². The van der Waals surface area contributed by atoms with E-state index in [0.29, 0.717) is 0 Å². The molecule has 1 N–H and O–H groups in total. The van der Waals surface area contributed by atoms with E-state index >= 15 is 0 Å². The second-order valence-corrected chi connectivity index (χ2v) is 5.17. The average molecular weight is 284 g/mol. The van der Waals surface area contributed by atoms with Gasteiger partial charge >= 0.3 is 5.97 Å². The summed E-state index contributed by atoms with van der Waals surface area (Å²) in [6, 6.07) is 6.04. The summed E-state index contributed by atoms with van der Waals surface area (Å²) in [6.07, 6.45) is 1.64. The summed E-state index contributed by atoms with van der Waals surface area (Å²) in [7, 11) is 1.42. The van der Waals surface area contributed by atoms with Crippen LogP contribution in [0.5, 0.6) is 0 Å². The average Bonchev–Trinajstić information content (AvgIpc) is 2.28. The Kier molecular flexibility index (Phi) is 2.93. The Balaban J connectivity index is 2.30. The van der Waals surface area contributed by atoms with Gasteiger partial charge in [0.1, 0.15) is 5.54 Å². The highest BCUT2D eigenvalue weighted by atomic mass is 79.9. The van der Waals surface area contributed by atoms with E-state index < -0.39 is 5.54 Å². The molecule has 1 atom stereocenters. The van der Waals surface area contributed by atoms with Gasteiger partial charge in [0.2, 0.25) is 0 Å². The van der Waals surface area contributed by atoms with Crippen molar-refractivity contribution in [1.29, 1.82) is 0 Å². The summed E-state index contributed by atoms with van der Waals surface area (Å²) in [5, 5.41) is 3.26. The van der Waals surface area contributed by atoms with Crippen LogP contribution in [0.15, 0.2) is 22.7 Å². The summed E-state index contributed by atoms with van der Waals surface area (Å²) < 4.78 is 5.89. The maximum atomic E-state index is 11.7. The Hall–Kier alpha value is -1.03. The summed E-state index contributed by atoms with van der Waals surface area (Å²) in [4.78, 5) is 11.7. The van der Waals surface area contributed by atoms with Gasteiger partial charge in [-0.2, -0.15) is 0 Å². The molecule has 0 bridgehead atoms. The third-order valence-corrected chi connectivity index (χ3v) is 3.50. The first-order valence-electron chi connectivity index (χ1n) is 5.20. The molecule has 1 aliphatic rings. The molecule has 0 fully saturated rings. The van der Waals surface area contributed by atoms with Crippen LogP contribution in [0.4, 0.5) is 5.69 Å². The molecule has 0 aromatic heterocycles. The number of anilines is 1. The summed E-state index contributed by atoms with van der Waals surface area (Å²) in [5.41, 5.74) is 1.65. The van der Waals surface area contributed by atoms with Crippen molar-refractivity contribution in [1.82, 2.24) is 0 Å². The van der Waals surface area contributed by atoms with Gasteiger partial charge in [-0.15, -0.1) is 0 Å². The fourth-order valence-corrected chi connectivity index (χ4v) is 2.42. The fourth-order valence-electron chi connectivity index (χ4n) is 2.01. The van der Waals surface area contributed by atoms with Crippen LogP contribution in [0, 0.1) is 0 Å². The number of carbonyl (C=O) groups excluding carboxylic acids is 1. The Morgan fingerprint density at radius 1 is 1.56 bits per heavy atom. The van der Waals surface area contributed by atoms with Crippen LogP contribution in [-0.4, -0.2) is 18.6 Å². The number of benzene rings is 1. The number of ether oxygens (including phenoxy) is 1. The zero-order chi connectivity index (χ0) is 11.8. The number of halogens is 1. The number of methoxy groups -OCH3 is 1. The molecule has 1 unspecified atom stereocenters. The van der Waals surface area contributed by atoms with E-state index in [-0.39, 0.29) is 5.97 Å². The van der Waals surface area contributed by atoms with Gasteiger partial charge in [0.25, 0.3) is 0 Å². The highest BCUT2D eigenvalue weighted by Gasteiger charge is 2.37. The normalized spacial score (nSPS) is 23.2. The van der Waals surface area contributed by atoms with Crippen LogP contribution < -0.4 is 5.32 Å². The highest BCUT2D eigenvalue weighted by molar-refractivity contribution is 9.10. The first kappa shape index (κ1) is 11.5. The molecular formula is C12H14BrNO2.